The lowest BCUT2D eigenvalue weighted by Gasteiger charge is -2.05. The van der Waals surface area contributed by atoms with Gasteiger partial charge in [0.2, 0.25) is 10.0 Å². The Morgan fingerprint density at radius 1 is 1.08 bits per heavy atom. The van der Waals surface area contributed by atoms with Crippen LogP contribution in [-0.4, -0.2) is 21.6 Å². The molecule has 0 aromatic heterocycles. The topological polar surface area (TPSA) is 55.4 Å². The summed E-state index contributed by atoms with van der Waals surface area (Å²) in [7, 11) is -3.55. The molecule has 0 saturated heterocycles. The zero-order valence-corrected chi connectivity index (χ0v) is 14.8. The number of nitrogens with one attached hydrogen (secondary N) is 1. The van der Waals surface area contributed by atoms with Crippen LogP contribution in [0, 0.1) is 11.8 Å². The third-order valence-electron chi connectivity index (χ3n) is 3.25. The molecule has 0 amide bonds. The minimum atomic E-state index is -3.55. The standard InChI is InChI=1S/C18H18ClNO3S/c1-2-15-9-11-16(12-10-15)24(21,22)20-13-5-6-14-23-18-8-4-3-7-17(18)19/h3-4,7-12,20H,2,13-14H2,1H3. The van der Waals surface area contributed by atoms with Gasteiger partial charge in [-0.25, -0.2) is 8.42 Å². The molecule has 0 aliphatic carbocycles. The largest absolute Gasteiger partial charge is 0.479 e. The molecule has 2 aromatic carbocycles. The maximum atomic E-state index is 12.1. The fourth-order valence-corrected chi connectivity index (χ4v) is 3.02. The first-order chi connectivity index (χ1) is 11.5. The Hall–Kier alpha value is -2.00. The van der Waals surface area contributed by atoms with E-state index in [0.717, 1.165) is 12.0 Å². The normalized spacial score (nSPS) is 10.8. The van der Waals surface area contributed by atoms with Gasteiger partial charge in [0.1, 0.15) is 12.4 Å². The van der Waals surface area contributed by atoms with Crippen LogP contribution in [-0.2, 0) is 16.4 Å². The van der Waals surface area contributed by atoms with Crippen LogP contribution in [0.4, 0.5) is 0 Å². The van der Waals surface area contributed by atoms with E-state index in [1.807, 2.05) is 19.1 Å². The van der Waals surface area contributed by atoms with Crippen molar-refractivity contribution < 1.29 is 13.2 Å². The quantitative estimate of drug-likeness (QED) is 0.801. The highest BCUT2D eigenvalue weighted by Gasteiger charge is 2.11. The van der Waals surface area contributed by atoms with Crippen molar-refractivity contribution in [2.24, 2.45) is 0 Å². The van der Waals surface area contributed by atoms with Gasteiger partial charge in [-0.15, -0.1) is 0 Å². The van der Waals surface area contributed by atoms with E-state index < -0.39 is 10.0 Å². The van der Waals surface area contributed by atoms with E-state index in [-0.39, 0.29) is 18.0 Å². The fourth-order valence-electron chi connectivity index (χ4n) is 1.91. The second-order valence-corrected chi connectivity index (χ2v) is 7.07. The molecule has 4 nitrogen and oxygen atoms in total. The molecule has 0 unspecified atom stereocenters. The lowest BCUT2D eigenvalue weighted by Crippen LogP contribution is -2.24. The summed E-state index contributed by atoms with van der Waals surface area (Å²) in [5.74, 6) is 6.01. The Balaban J connectivity index is 1.84. The first-order valence-corrected chi connectivity index (χ1v) is 9.30. The van der Waals surface area contributed by atoms with E-state index in [4.69, 9.17) is 16.3 Å². The van der Waals surface area contributed by atoms with E-state index in [1.165, 1.54) is 0 Å². The maximum absolute atomic E-state index is 12.1. The van der Waals surface area contributed by atoms with Gasteiger partial charge in [0.15, 0.2) is 0 Å². The fraction of sp³-hybridized carbons (Fsp3) is 0.222. The van der Waals surface area contributed by atoms with Crippen molar-refractivity contribution in [1.29, 1.82) is 0 Å². The van der Waals surface area contributed by atoms with Gasteiger partial charge < -0.3 is 4.74 Å². The molecule has 0 aliphatic rings. The zero-order valence-electron chi connectivity index (χ0n) is 13.3. The van der Waals surface area contributed by atoms with Gasteiger partial charge >= 0.3 is 0 Å². The van der Waals surface area contributed by atoms with Crippen LogP contribution in [0.2, 0.25) is 5.02 Å². The number of hydrogen-bond donors (Lipinski definition) is 1. The SMILES string of the molecule is CCc1ccc(S(=O)(=O)NCC#CCOc2ccccc2Cl)cc1. The van der Waals surface area contributed by atoms with Crippen LogP contribution >= 0.6 is 11.6 Å². The van der Waals surface area contributed by atoms with Crippen LogP contribution < -0.4 is 9.46 Å². The molecule has 0 fully saturated rings. The highest BCUT2D eigenvalue weighted by atomic mass is 35.5. The first kappa shape index (κ1) is 18.3. The van der Waals surface area contributed by atoms with Crippen LogP contribution in [0.15, 0.2) is 53.4 Å². The number of rotatable bonds is 6. The van der Waals surface area contributed by atoms with E-state index in [9.17, 15) is 8.42 Å². The van der Waals surface area contributed by atoms with E-state index >= 15 is 0 Å². The molecule has 1 N–H and O–H groups in total. The molecule has 126 valence electrons. The molecule has 24 heavy (non-hydrogen) atoms. The van der Waals surface area contributed by atoms with Gasteiger partial charge in [0, 0.05) is 0 Å². The molecule has 6 heteroatoms. The molecular formula is C18H18ClNO3S. The molecule has 0 spiro atoms. The number of ether oxygens (including phenoxy) is 1. The van der Waals surface area contributed by atoms with E-state index in [2.05, 4.69) is 16.6 Å². The number of sulfonamides is 1. The zero-order chi connectivity index (χ0) is 17.4. The molecule has 0 radical (unpaired) electrons. The molecule has 2 aromatic rings. The summed E-state index contributed by atoms with van der Waals surface area (Å²) >= 11 is 5.95. The van der Waals surface area contributed by atoms with E-state index in [0.29, 0.717) is 10.8 Å². The predicted octanol–water partition coefficient (Wildman–Crippen LogP) is 3.26. The summed E-state index contributed by atoms with van der Waals surface area (Å²) in [6.07, 6.45) is 0.866. The molecular weight excluding hydrogens is 346 g/mol. The van der Waals surface area contributed by atoms with Gasteiger partial charge in [0.05, 0.1) is 16.5 Å². The van der Waals surface area contributed by atoms with Crippen molar-refractivity contribution in [1.82, 2.24) is 4.72 Å². The van der Waals surface area contributed by atoms with Crippen LogP contribution in [0.3, 0.4) is 0 Å². The Bertz CT molecular complexity index is 837. The highest BCUT2D eigenvalue weighted by Crippen LogP contribution is 2.22. The minimum Gasteiger partial charge on any atom is -0.479 e. The summed E-state index contributed by atoms with van der Waals surface area (Å²) in [6.45, 7) is 2.17. The smallest absolute Gasteiger partial charge is 0.241 e. The summed E-state index contributed by atoms with van der Waals surface area (Å²) in [4.78, 5) is 0.230. The average molecular weight is 364 g/mol. The summed E-state index contributed by atoms with van der Waals surface area (Å²) in [5, 5.41) is 0.510. The molecule has 0 saturated carbocycles. The van der Waals surface area contributed by atoms with Gasteiger partial charge in [0.25, 0.3) is 0 Å². The number of benzene rings is 2. The van der Waals surface area contributed by atoms with Crippen molar-refractivity contribution in [3.63, 3.8) is 0 Å². The van der Waals surface area contributed by atoms with Crippen LogP contribution in [0.1, 0.15) is 12.5 Å². The van der Waals surface area contributed by atoms with E-state index in [1.54, 1.807) is 36.4 Å². The first-order valence-electron chi connectivity index (χ1n) is 7.44. The van der Waals surface area contributed by atoms with Crippen molar-refractivity contribution >= 4 is 21.6 Å². The van der Waals surface area contributed by atoms with Crippen molar-refractivity contribution in [3.8, 4) is 17.6 Å². The van der Waals surface area contributed by atoms with Crippen molar-refractivity contribution in [3.05, 3.63) is 59.1 Å². The summed E-state index contributed by atoms with van der Waals surface area (Å²) in [6, 6.07) is 13.9. The third kappa shape index (κ3) is 5.27. The van der Waals surface area contributed by atoms with Gasteiger partial charge in [-0.1, -0.05) is 54.6 Å². The predicted molar refractivity (Wildman–Crippen MR) is 95.7 cm³/mol. The second kappa shape index (κ2) is 8.74. The van der Waals surface area contributed by atoms with Gasteiger partial charge in [-0.3, -0.25) is 0 Å². The van der Waals surface area contributed by atoms with Crippen molar-refractivity contribution in [2.45, 2.75) is 18.2 Å². The lowest BCUT2D eigenvalue weighted by atomic mass is 10.2. The lowest BCUT2D eigenvalue weighted by molar-refractivity contribution is 0.370. The summed E-state index contributed by atoms with van der Waals surface area (Å²) in [5.41, 5.74) is 1.09. The van der Waals surface area contributed by atoms with Gasteiger partial charge in [-0.05, 0) is 36.2 Å². The molecule has 2 rings (SSSR count). The number of halogens is 1. The molecule has 0 atom stereocenters. The minimum absolute atomic E-state index is 0.0176. The Labute approximate surface area is 147 Å². The monoisotopic (exact) mass is 363 g/mol. The highest BCUT2D eigenvalue weighted by molar-refractivity contribution is 7.89. The maximum Gasteiger partial charge on any atom is 0.241 e. The Morgan fingerprint density at radius 2 is 1.79 bits per heavy atom. The number of hydrogen-bond acceptors (Lipinski definition) is 3. The van der Waals surface area contributed by atoms with Crippen LogP contribution in [0.25, 0.3) is 0 Å². The van der Waals surface area contributed by atoms with Crippen LogP contribution in [0.5, 0.6) is 5.75 Å². The molecule has 0 aliphatic heterocycles. The molecule has 0 heterocycles. The average Bonchev–Trinajstić information content (AvgIpc) is 2.59. The van der Waals surface area contributed by atoms with Crippen molar-refractivity contribution in [2.75, 3.05) is 13.2 Å². The third-order valence-corrected chi connectivity index (χ3v) is 4.98. The number of para-hydroxylation sites is 1. The second-order valence-electron chi connectivity index (χ2n) is 4.89. The number of aryl methyl sites for hydroxylation is 1. The molecule has 0 bridgehead atoms. The Morgan fingerprint density at radius 3 is 2.46 bits per heavy atom. The Kier molecular flexibility index (Phi) is 6.68. The van der Waals surface area contributed by atoms with Gasteiger partial charge in [-0.2, -0.15) is 4.72 Å². The summed E-state index contributed by atoms with van der Waals surface area (Å²) < 4.78 is 32.0.